The summed E-state index contributed by atoms with van der Waals surface area (Å²) in [6.45, 7) is 0.875. The minimum Gasteiger partial charge on any atom is -0.390 e. The smallest absolute Gasteiger partial charge is 0.390 e. The predicted molar refractivity (Wildman–Crippen MR) is 88.7 cm³/mol. The SMILES string of the molecule is O=[N+]([O-])c1nccn1CCCNc1ccnc2cc(C(F)(F)F)ccc12. The summed E-state index contributed by atoms with van der Waals surface area (Å²) in [6.07, 6.45) is 0.477. The summed E-state index contributed by atoms with van der Waals surface area (Å²) >= 11 is 0. The van der Waals surface area contributed by atoms with Gasteiger partial charge in [0, 0.05) is 23.8 Å². The topological polar surface area (TPSA) is 85.9 Å². The first-order valence-corrected chi connectivity index (χ1v) is 7.71. The van der Waals surface area contributed by atoms with Crippen molar-refractivity contribution < 1.29 is 18.1 Å². The van der Waals surface area contributed by atoms with E-state index in [9.17, 15) is 23.3 Å². The van der Waals surface area contributed by atoms with E-state index in [-0.39, 0.29) is 11.5 Å². The van der Waals surface area contributed by atoms with E-state index in [0.717, 1.165) is 12.1 Å². The number of nitrogens with zero attached hydrogens (tertiary/aromatic N) is 4. The van der Waals surface area contributed by atoms with Crippen LogP contribution in [0.3, 0.4) is 0 Å². The molecule has 0 bridgehead atoms. The van der Waals surface area contributed by atoms with Crippen molar-refractivity contribution in [3.63, 3.8) is 0 Å². The molecule has 0 saturated heterocycles. The number of nitrogens with one attached hydrogen (secondary N) is 1. The second-order valence-corrected chi connectivity index (χ2v) is 5.55. The van der Waals surface area contributed by atoms with Crippen LogP contribution in [-0.4, -0.2) is 26.0 Å². The van der Waals surface area contributed by atoms with Crippen LogP contribution < -0.4 is 5.32 Å². The van der Waals surface area contributed by atoms with Gasteiger partial charge in [-0.1, -0.05) is 11.1 Å². The number of halogens is 3. The van der Waals surface area contributed by atoms with Crippen LogP contribution in [0.1, 0.15) is 12.0 Å². The van der Waals surface area contributed by atoms with Crippen LogP contribution in [-0.2, 0) is 12.7 Å². The Morgan fingerprint density at radius 3 is 2.73 bits per heavy atom. The first kappa shape index (κ1) is 17.6. The van der Waals surface area contributed by atoms with Crippen LogP contribution in [0.25, 0.3) is 10.9 Å². The number of hydrogen-bond donors (Lipinski definition) is 1. The summed E-state index contributed by atoms with van der Waals surface area (Å²) in [5, 5.41) is 14.5. The zero-order chi connectivity index (χ0) is 18.7. The van der Waals surface area contributed by atoms with Crippen molar-refractivity contribution in [2.24, 2.45) is 0 Å². The number of imidazole rings is 1. The zero-order valence-electron chi connectivity index (χ0n) is 13.4. The Bertz CT molecular complexity index is 939. The monoisotopic (exact) mass is 365 g/mol. The van der Waals surface area contributed by atoms with Crippen molar-refractivity contribution in [2.45, 2.75) is 19.1 Å². The molecular formula is C16H14F3N5O2. The van der Waals surface area contributed by atoms with Gasteiger partial charge in [0.15, 0.2) is 0 Å². The molecule has 2 aromatic heterocycles. The lowest BCUT2D eigenvalue weighted by Crippen LogP contribution is -2.09. The Kier molecular flexibility index (Phi) is 4.74. The van der Waals surface area contributed by atoms with E-state index in [4.69, 9.17) is 0 Å². The van der Waals surface area contributed by atoms with Gasteiger partial charge in [0.05, 0.1) is 17.6 Å². The molecule has 1 aromatic carbocycles. The first-order chi connectivity index (χ1) is 12.4. The molecule has 0 aliphatic carbocycles. The molecule has 0 unspecified atom stereocenters. The van der Waals surface area contributed by atoms with Gasteiger partial charge in [-0.3, -0.25) is 4.98 Å². The number of aromatic nitrogens is 3. The van der Waals surface area contributed by atoms with Crippen molar-refractivity contribution in [1.82, 2.24) is 14.5 Å². The van der Waals surface area contributed by atoms with Gasteiger partial charge in [-0.2, -0.15) is 13.2 Å². The third-order valence-corrected chi connectivity index (χ3v) is 3.82. The lowest BCUT2D eigenvalue weighted by atomic mass is 10.1. The lowest BCUT2D eigenvalue weighted by molar-refractivity contribution is -0.396. The maximum Gasteiger partial charge on any atom is 0.434 e. The molecule has 0 spiro atoms. The third-order valence-electron chi connectivity index (χ3n) is 3.82. The highest BCUT2D eigenvalue weighted by Gasteiger charge is 2.30. The van der Waals surface area contributed by atoms with E-state index >= 15 is 0 Å². The van der Waals surface area contributed by atoms with Gasteiger partial charge in [-0.25, -0.2) is 4.57 Å². The van der Waals surface area contributed by atoms with E-state index in [1.54, 1.807) is 6.07 Å². The van der Waals surface area contributed by atoms with Crippen molar-refractivity contribution in [2.75, 3.05) is 11.9 Å². The summed E-state index contributed by atoms with van der Waals surface area (Å²) in [5.74, 6) is -0.223. The molecule has 0 saturated carbocycles. The molecule has 136 valence electrons. The van der Waals surface area contributed by atoms with Crippen molar-refractivity contribution in [1.29, 1.82) is 0 Å². The molecular weight excluding hydrogens is 351 g/mol. The largest absolute Gasteiger partial charge is 0.434 e. The molecule has 3 aromatic rings. The number of anilines is 1. The summed E-state index contributed by atoms with van der Waals surface area (Å²) in [6, 6.07) is 5.09. The maximum absolute atomic E-state index is 12.8. The fourth-order valence-electron chi connectivity index (χ4n) is 2.60. The average molecular weight is 365 g/mol. The molecule has 0 radical (unpaired) electrons. The third kappa shape index (κ3) is 3.73. The van der Waals surface area contributed by atoms with Crippen LogP contribution in [0, 0.1) is 10.1 Å². The maximum atomic E-state index is 12.8. The number of nitro groups is 1. The first-order valence-electron chi connectivity index (χ1n) is 7.71. The van der Waals surface area contributed by atoms with Crippen molar-refractivity contribution in [3.8, 4) is 0 Å². The number of aryl methyl sites for hydroxylation is 1. The van der Waals surface area contributed by atoms with Gasteiger partial charge >= 0.3 is 12.1 Å². The van der Waals surface area contributed by atoms with Crippen LogP contribution in [0.5, 0.6) is 0 Å². The Morgan fingerprint density at radius 2 is 2.00 bits per heavy atom. The second-order valence-electron chi connectivity index (χ2n) is 5.55. The number of fused-ring (bicyclic) bond motifs is 1. The van der Waals surface area contributed by atoms with Crippen molar-refractivity contribution in [3.05, 3.63) is 58.5 Å². The van der Waals surface area contributed by atoms with Gasteiger partial charge in [0.2, 0.25) is 0 Å². The highest BCUT2D eigenvalue weighted by Crippen LogP contribution is 2.32. The molecule has 0 aliphatic heterocycles. The summed E-state index contributed by atoms with van der Waals surface area (Å²) in [7, 11) is 0. The normalized spacial score (nSPS) is 11.7. The van der Waals surface area contributed by atoms with Crippen LogP contribution >= 0.6 is 0 Å². The lowest BCUT2D eigenvalue weighted by Gasteiger charge is -2.11. The zero-order valence-corrected chi connectivity index (χ0v) is 13.4. The number of pyridine rings is 1. The van der Waals surface area contributed by atoms with Gasteiger partial charge in [-0.05, 0) is 29.5 Å². The molecule has 0 aliphatic rings. The molecule has 2 heterocycles. The second kappa shape index (κ2) is 6.98. The van der Waals surface area contributed by atoms with E-state index in [1.165, 1.54) is 29.2 Å². The van der Waals surface area contributed by atoms with E-state index in [1.807, 2.05) is 0 Å². The van der Waals surface area contributed by atoms with E-state index in [2.05, 4.69) is 15.3 Å². The van der Waals surface area contributed by atoms with E-state index in [0.29, 0.717) is 30.6 Å². The molecule has 3 rings (SSSR count). The molecule has 0 atom stereocenters. The molecule has 10 heteroatoms. The summed E-state index contributed by atoms with van der Waals surface area (Å²) in [4.78, 5) is 17.9. The Balaban J connectivity index is 1.67. The summed E-state index contributed by atoms with van der Waals surface area (Å²) in [5.41, 5.74) is 0.154. The Hall–Kier alpha value is -3.17. The fraction of sp³-hybridized carbons (Fsp3) is 0.250. The van der Waals surface area contributed by atoms with Crippen LogP contribution in [0.2, 0.25) is 0 Å². The highest BCUT2D eigenvalue weighted by molar-refractivity contribution is 5.91. The fourth-order valence-corrected chi connectivity index (χ4v) is 2.60. The van der Waals surface area contributed by atoms with Crippen LogP contribution in [0.15, 0.2) is 42.9 Å². The van der Waals surface area contributed by atoms with Gasteiger partial charge in [0.1, 0.15) is 12.4 Å². The molecule has 26 heavy (non-hydrogen) atoms. The highest BCUT2D eigenvalue weighted by atomic mass is 19.4. The molecule has 1 N–H and O–H groups in total. The minimum atomic E-state index is -4.42. The number of rotatable bonds is 6. The quantitative estimate of drug-likeness (QED) is 0.407. The number of hydrogen-bond acceptors (Lipinski definition) is 5. The van der Waals surface area contributed by atoms with Crippen LogP contribution in [0.4, 0.5) is 24.8 Å². The summed E-state index contributed by atoms with van der Waals surface area (Å²) < 4.78 is 39.8. The van der Waals surface area contributed by atoms with Gasteiger partial charge in [0.25, 0.3) is 0 Å². The standard InChI is InChI=1S/C16H14F3N5O2/c17-16(18,19)11-2-3-12-13(4-6-21-14(12)10-11)20-5-1-8-23-9-7-22-15(23)24(25)26/h2-4,6-7,9-10H,1,5,8H2,(H,20,21). The average Bonchev–Trinajstić information content (AvgIpc) is 3.06. The minimum absolute atomic E-state index is 0.223. The molecule has 0 fully saturated rings. The number of alkyl halides is 3. The predicted octanol–water partition coefficient (Wildman–Crippen LogP) is 3.86. The Labute approximate surface area is 145 Å². The molecule has 0 amide bonds. The van der Waals surface area contributed by atoms with Gasteiger partial charge in [-0.15, -0.1) is 0 Å². The van der Waals surface area contributed by atoms with Crippen molar-refractivity contribution >= 4 is 22.5 Å². The van der Waals surface area contributed by atoms with E-state index < -0.39 is 16.7 Å². The molecule has 7 nitrogen and oxygen atoms in total. The Morgan fingerprint density at radius 1 is 1.19 bits per heavy atom. The number of benzene rings is 1. The van der Waals surface area contributed by atoms with Gasteiger partial charge < -0.3 is 15.4 Å².